The molecule has 0 N–H and O–H groups in total. The number of methoxy groups -OCH3 is 1. The largest absolute Gasteiger partial charge is 0.468 e. The van der Waals surface area contributed by atoms with E-state index in [0.29, 0.717) is 5.75 Å². The second-order valence-corrected chi connectivity index (χ2v) is 4.51. The number of esters is 1. The van der Waals surface area contributed by atoms with Crippen molar-refractivity contribution in [2.75, 3.05) is 12.9 Å². The maximum absolute atomic E-state index is 10.8. The molecule has 0 aliphatic rings. The first-order chi connectivity index (χ1) is 6.26. The van der Waals surface area contributed by atoms with Crippen LogP contribution in [-0.2, 0) is 16.0 Å². The maximum Gasteiger partial charge on any atom is 0.315 e. The zero-order valence-electron chi connectivity index (χ0n) is 7.70. The molecule has 0 atom stereocenters. The Balaban J connectivity index is 2.41. The van der Waals surface area contributed by atoms with Gasteiger partial charge >= 0.3 is 5.97 Å². The lowest BCUT2D eigenvalue weighted by atomic mass is 10.4. The predicted octanol–water partition coefficient (Wildman–Crippen LogP) is 2.58. The third-order valence-corrected chi connectivity index (χ3v) is 3.74. The molecule has 0 aliphatic heterocycles. The van der Waals surface area contributed by atoms with Crippen molar-refractivity contribution in [3.8, 4) is 0 Å². The van der Waals surface area contributed by atoms with Crippen LogP contribution in [0.25, 0.3) is 0 Å². The Morgan fingerprint density at radius 2 is 2.46 bits per heavy atom. The number of hydrogen-bond acceptors (Lipinski definition) is 4. The molecule has 0 fully saturated rings. The smallest absolute Gasteiger partial charge is 0.315 e. The van der Waals surface area contributed by atoms with Gasteiger partial charge in [-0.3, -0.25) is 4.79 Å². The molecule has 0 amide bonds. The Hall–Kier alpha value is -0.480. The molecule has 1 aromatic rings. The van der Waals surface area contributed by atoms with Gasteiger partial charge in [0, 0.05) is 15.2 Å². The van der Waals surface area contributed by atoms with E-state index in [0.717, 1.165) is 11.3 Å². The second kappa shape index (κ2) is 5.29. The van der Waals surface area contributed by atoms with E-state index in [1.165, 1.54) is 23.7 Å². The number of thiophene rings is 1. The van der Waals surface area contributed by atoms with Gasteiger partial charge in [0.2, 0.25) is 0 Å². The fourth-order valence-electron chi connectivity index (χ4n) is 0.823. The molecule has 0 aliphatic carbocycles. The van der Waals surface area contributed by atoms with Gasteiger partial charge in [-0.05, 0) is 12.5 Å². The summed E-state index contributed by atoms with van der Waals surface area (Å²) in [6, 6.07) is 2.12. The summed E-state index contributed by atoms with van der Waals surface area (Å²) in [6.45, 7) is 2.13. The van der Waals surface area contributed by atoms with Gasteiger partial charge in [-0.15, -0.1) is 23.1 Å². The fourth-order valence-corrected chi connectivity index (χ4v) is 2.64. The van der Waals surface area contributed by atoms with Crippen molar-refractivity contribution in [1.29, 1.82) is 0 Å². The summed E-state index contributed by atoms with van der Waals surface area (Å²) in [5.41, 5.74) is 0. The minimum absolute atomic E-state index is 0.172. The van der Waals surface area contributed by atoms with Crippen LogP contribution in [0.15, 0.2) is 16.3 Å². The molecule has 0 saturated carbocycles. The third kappa shape index (κ3) is 3.40. The van der Waals surface area contributed by atoms with Crippen LogP contribution in [0.4, 0.5) is 0 Å². The van der Waals surface area contributed by atoms with Crippen LogP contribution in [0.1, 0.15) is 11.8 Å². The van der Waals surface area contributed by atoms with Crippen LogP contribution in [0.5, 0.6) is 0 Å². The van der Waals surface area contributed by atoms with Crippen molar-refractivity contribution < 1.29 is 9.53 Å². The molecule has 13 heavy (non-hydrogen) atoms. The Morgan fingerprint density at radius 1 is 1.69 bits per heavy atom. The molecule has 2 nitrogen and oxygen atoms in total. The van der Waals surface area contributed by atoms with E-state index >= 15 is 0 Å². The molecule has 0 radical (unpaired) electrons. The van der Waals surface area contributed by atoms with Crippen LogP contribution in [0, 0.1) is 0 Å². The second-order valence-electron chi connectivity index (χ2n) is 2.47. The van der Waals surface area contributed by atoms with E-state index in [2.05, 4.69) is 23.1 Å². The first kappa shape index (κ1) is 10.6. The molecule has 0 unspecified atom stereocenters. The quantitative estimate of drug-likeness (QED) is 0.571. The van der Waals surface area contributed by atoms with Crippen LogP contribution < -0.4 is 0 Å². The number of carbonyl (C=O) groups excluding carboxylic acids is 1. The first-order valence-corrected chi connectivity index (χ1v) is 5.89. The van der Waals surface area contributed by atoms with Crippen molar-refractivity contribution in [1.82, 2.24) is 0 Å². The summed E-state index contributed by atoms with van der Waals surface area (Å²) in [4.78, 5) is 13.3. The lowest BCUT2D eigenvalue weighted by Gasteiger charge is -1.95. The molecule has 1 rings (SSSR count). The van der Waals surface area contributed by atoms with E-state index < -0.39 is 0 Å². The topological polar surface area (TPSA) is 26.3 Å². The lowest BCUT2D eigenvalue weighted by molar-refractivity contribution is -0.137. The highest BCUT2D eigenvalue weighted by Crippen LogP contribution is 2.24. The molecule has 1 aromatic heterocycles. The number of ether oxygens (including phenoxy) is 1. The molecule has 72 valence electrons. The van der Waals surface area contributed by atoms with E-state index in [1.54, 1.807) is 11.3 Å². The highest BCUT2D eigenvalue weighted by molar-refractivity contribution is 8.00. The van der Waals surface area contributed by atoms with Gasteiger partial charge in [-0.1, -0.05) is 6.92 Å². The summed E-state index contributed by atoms with van der Waals surface area (Å²) in [7, 11) is 1.41. The van der Waals surface area contributed by atoms with Crippen molar-refractivity contribution in [2.24, 2.45) is 0 Å². The molecule has 0 spiro atoms. The van der Waals surface area contributed by atoms with Gasteiger partial charge in [0.1, 0.15) is 0 Å². The van der Waals surface area contributed by atoms with Crippen LogP contribution in [0.3, 0.4) is 0 Å². The Labute approximate surface area is 86.3 Å². The van der Waals surface area contributed by atoms with Crippen molar-refractivity contribution in [2.45, 2.75) is 18.2 Å². The highest BCUT2D eigenvalue weighted by atomic mass is 32.2. The summed E-state index contributed by atoms with van der Waals surface area (Å²) < 4.78 is 4.55. The average Bonchev–Trinajstić information content (AvgIpc) is 2.61. The van der Waals surface area contributed by atoms with Crippen LogP contribution >= 0.6 is 23.1 Å². The van der Waals surface area contributed by atoms with E-state index in [-0.39, 0.29) is 5.97 Å². The SMILES string of the molecule is CCc1cc(SCC(=O)OC)cs1. The van der Waals surface area contributed by atoms with E-state index in [4.69, 9.17) is 0 Å². The van der Waals surface area contributed by atoms with Gasteiger partial charge in [0.05, 0.1) is 12.9 Å². The number of thioether (sulfide) groups is 1. The lowest BCUT2D eigenvalue weighted by Crippen LogP contribution is -2.02. The monoisotopic (exact) mass is 216 g/mol. The van der Waals surface area contributed by atoms with Gasteiger partial charge in [0.15, 0.2) is 0 Å². The number of rotatable bonds is 4. The Kier molecular flexibility index (Phi) is 4.32. The highest BCUT2D eigenvalue weighted by Gasteiger charge is 2.03. The number of hydrogen-bond donors (Lipinski definition) is 0. The molecular formula is C9H12O2S2. The van der Waals surface area contributed by atoms with Crippen molar-refractivity contribution in [3.05, 3.63) is 16.3 Å². The van der Waals surface area contributed by atoms with Gasteiger partial charge in [-0.2, -0.15) is 0 Å². The predicted molar refractivity (Wildman–Crippen MR) is 56.4 cm³/mol. The summed E-state index contributed by atoms with van der Waals surface area (Å²) >= 11 is 3.26. The van der Waals surface area contributed by atoms with Crippen LogP contribution in [0.2, 0.25) is 0 Å². The fraction of sp³-hybridized carbons (Fsp3) is 0.444. The Bertz CT molecular complexity index is 281. The van der Waals surface area contributed by atoms with Gasteiger partial charge in [0.25, 0.3) is 0 Å². The zero-order chi connectivity index (χ0) is 9.68. The van der Waals surface area contributed by atoms with E-state index in [1.807, 2.05) is 0 Å². The van der Waals surface area contributed by atoms with Crippen molar-refractivity contribution in [3.63, 3.8) is 0 Å². The van der Waals surface area contributed by atoms with Gasteiger partial charge < -0.3 is 4.74 Å². The standard InChI is InChI=1S/C9H12O2S2/c1-3-7-4-8(5-12-7)13-6-9(10)11-2/h4-5H,3,6H2,1-2H3. The zero-order valence-corrected chi connectivity index (χ0v) is 9.33. The maximum atomic E-state index is 10.8. The van der Waals surface area contributed by atoms with Crippen LogP contribution in [-0.4, -0.2) is 18.8 Å². The Morgan fingerprint density at radius 3 is 3.00 bits per heavy atom. The first-order valence-electron chi connectivity index (χ1n) is 4.03. The molecule has 0 saturated heterocycles. The third-order valence-electron chi connectivity index (χ3n) is 1.56. The molecule has 0 aromatic carbocycles. The summed E-state index contributed by atoms with van der Waals surface area (Å²) in [6.07, 6.45) is 1.06. The average molecular weight is 216 g/mol. The number of aryl methyl sites for hydroxylation is 1. The van der Waals surface area contributed by atoms with E-state index in [9.17, 15) is 4.79 Å². The molecule has 1 heterocycles. The molecule has 0 bridgehead atoms. The minimum atomic E-state index is -0.172. The molecular weight excluding hydrogens is 204 g/mol. The summed E-state index contributed by atoms with van der Waals surface area (Å²) in [5, 5.41) is 2.08. The van der Waals surface area contributed by atoms with Gasteiger partial charge in [-0.25, -0.2) is 0 Å². The number of carbonyl (C=O) groups is 1. The molecule has 4 heteroatoms. The van der Waals surface area contributed by atoms with Crippen molar-refractivity contribution >= 4 is 29.1 Å². The normalized spacial score (nSPS) is 10.0. The minimum Gasteiger partial charge on any atom is -0.468 e. The summed E-state index contributed by atoms with van der Waals surface area (Å²) in [5.74, 6) is 0.227.